The number of carbonyl (C=O) groups excluding carboxylic acids is 1. The van der Waals surface area contributed by atoms with Crippen LogP contribution in [-0.4, -0.2) is 16.9 Å². The highest BCUT2D eigenvalue weighted by Crippen LogP contribution is 2.19. The van der Waals surface area contributed by atoms with Gasteiger partial charge in [0.25, 0.3) is 5.91 Å². The topological polar surface area (TPSA) is 54.0 Å². The molecule has 1 fully saturated rings. The number of amides is 1. The van der Waals surface area contributed by atoms with E-state index in [0.29, 0.717) is 12.6 Å². The van der Waals surface area contributed by atoms with Crippen LogP contribution in [0.15, 0.2) is 48.7 Å². The Labute approximate surface area is 118 Å². The Kier molecular flexibility index (Phi) is 3.63. The van der Waals surface area contributed by atoms with Crippen LogP contribution in [0.4, 0.5) is 5.82 Å². The first-order valence-corrected chi connectivity index (χ1v) is 6.86. The summed E-state index contributed by atoms with van der Waals surface area (Å²) in [6.07, 6.45) is 3.96. The van der Waals surface area contributed by atoms with Gasteiger partial charge in [-0.2, -0.15) is 0 Å². The summed E-state index contributed by atoms with van der Waals surface area (Å²) in [5.74, 6) is 0.854. The van der Waals surface area contributed by atoms with Gasteiger partial charge in [-0.05, 0) is 42.7 Å². The van der Waals surface area contributed by atoms with Crippen molar-refractivity contribution in [3.63, 3.8) is 0 Å². The van der Waals surface area contributed by atoms with E-state index in [0.717, 1.165) is 29.8 Å². The van der Waals surface area contributed by atoms with Crippen molar-refractivity contribution in [1.29, 1.82) is 0 Å². The van der Waals surface area contributed by atoms with Crippen molar-refractivity contribution < 1.29 is 4.79 Å². The number of carbonyl (C=O) groups is 1. The Morgan fingerprint density at radius 3 is 2.85 bits per heavy atom. The van der Waals surface area contributed by atoms with E-state index >= 15 is 0 Å². The molecule has 102 valence electrons. The van der Waals surface area contributed by atoms with Crippen LogP contribution in [0.3, 0.4) is 0 Å². The third-order valence-electron chi connectivity index (χ3n) is 3.24. The molecule has 0 atom stereocenters. The molecule has 1 saturated carbocycles. The maximum Gasteiger partial charge on any atom is 0.251 e. The van der Waals surface area contributed by atoms with E-state index in [4.69, 9.17) is 0 Å². The van der Waals surface area contributed by atoms with Crippen LogP contribution in [0.2, 0.25) is 0 Å². The minimum Gasteiger partial charge on any atom is -0.366 e. The molecule has 1 aromatic carbocycles. The van der Waals surface area contributed by atoms with Gasteiger partial charge in [-0.15, -0.1) is 0 Å². The van der Waals surface area contributed by atoms with Crippen LogP contribution in [-0.2, 0) is 6.54 Å². The summed E-state index contributed by atoms with van der Waals surface area (Å²) in [4.78, 5) is 16.2. The predicted molar refractivity (Wildman–Crippen MR) is 78.5 cm³/mol. The third-order valence-corrected chi connectivity index (χ3v) is 3.24. The number of aromatic nitrogens is 1. The van der Waals surface area contributed by atoms with Crippen molar-refractivity contribution in [3.8, 4) is 0 Å². The van der Waals surface area contributed by atoms with E-state index in [1.165, 1.54) is 0 Å². The molecule has 4 heteroatoms. The van der Waals surface area contributed by atoms with E-state index < -0.39 is 0 Å². The fraction of sp³-hybridized carbons (Fsp3) is 0.250. The standard InChI is InChI=1S/C16H17N3O/c20-16(19-14-7-8-14)13-5-3-4-12(10-13)11-18-15-6-1-2-9-17-15/h1-6,9-10,14H,7-8,11H2,(H,17,18)(H,19,20). The molecule has 2 N–H and O–H groups in total. The second-order valence-electron chi connectivity index (χ2n) is 5.02. The molecule has 0 radical (unpaired) electrons. The Morgan fingerprint density at radius 1 is 1.20 bits per heavy atom. The van der Waals surface area contributed by atoms with Gasteiger partial charge in [0.15, 0.2) is 0 Å². The molecule has 4 nitrogen and oxygen atoms in total. The zero-order chi connectivity index (χ0) is 13.8. The number of benzene rings is 1. The lowest BCUT2D eigenvalue weighted by Crippen LogP contribution is -2.25. The van der Waals surface area contributed by atoms with E-state index in [1.54, 1.807) is 6.20 Å². The molecule has 2 aromatic rings. The molecule has 0 saturated heterocycles. The summed E-state index contributed by atoms with van der Waals surface area (Å²) in [6.45, 7) is 0.654. The lowest BCUT2D eigenvalue weighted by molar-refractivity contribution is 0.0951. The maximum absolute atomic E-state index is 12.0. The van der Waals surface area contributed by atoms with Gasteiger partial charge in [0.1, 0.15) is 5.82 Å². The molecule has 1 aliphatic rings. The first kappa shape index (κ1) is 12.7. The number of pyridine rings is 1. The Bertz CT molecular complexity index is 594. The third kappa shape index (κ3) is 3.35. The first-order valence-electron chi connectivity index (χ1n) is 6.86. The molecule has 1 aromatic heterocycles. The number of nitrogens with zero attached hydrogens (tertiary/aromatic N) is 1. The van der Waals surface area contributed by atoms with E-state index in [1.807, 2.05) is 42.5 Å². The van der Waals surface area contributed by atoms with Gasteiger partial charge in [0.05, 0.1) is 0 Å². The predicted octanol–water partition coefficient (Wildman–Crippen LogP) is 2.59. The molecule has 1 amide bonds. The fourth-order valence-electron chi connectivity index (χ4n) is 1.98. The van der Waals surface area contributed by atoms with Crippen molar-refractivity contribution >= 4 is 11.7 Å². The van der Waals surface area contributed by atoms with Crippen LogP contribution in [0.1, 0.15) is 28.8 Å². The second kappa shape index (κ2) is 5.74. The van der Waals surface area contributed by atoms with E-state index in [9.17, 15) is 4.79 Å². The number of hydrogen-bond acceptors (Lipinski definition) is 3. The molecular formula is C16H17N3O. The molecule has 3 rings (SSSR count). The second-order valence-corrected chi connectivity index (χ2v) is 5.02. The molecule has 1 heterocycles. The summed E-state index contributed by atoms with van der Waals surface area (Å²) < 4.78 is 0. The van der Waals surface area contributed by atoms with Crippen molar-refractivity contribution in [2.75, 3.05) is 5.32 Å². The summed E-state index contributed by atoms with van der Waals surface area (Å²) >= 11 is 0. The molecule has 1 aliphatic carbocycles. The van der Waals surface area contributed by atoms with E-state index in [2.05, 4.69) is 15.6 Å². The SMILES string of the molecule is O=C(NC1CC1)c1cccc(CNc2ccccn2)c1. The number of nitrogens with one attached hydrogen (secondary N) is 2. The number of anilines is 1. The minimum atomic E-state index is 0.0205. The molecule has 0 bridgehead atoms. The molecule has 0 spiro atoms. The van der Waals surface area contributed by atoms with Crippen molar-refractivity contribution in [1.82, 2.24) is 10.3 Å². The first-order chi connectivity index (χ1) is 9.81. The highest BCUT2D eigenvalue weighted by molar-refractivity contribution is 5.94. The van der Waals surface area contributed by atoms with Crippen LogP contribution >= 0.6 is 0 Å². The van der Waals surface area contributed by atoms with Crippen LogP contribution in [0, 0.1) is 0 Å². The number of rotatable bonds is 5. The largest absolute Gasteiger partial charge is 0.366 e. The average Bonchev–Trinajstić information content (AvgIpc) is 3.30. The summed E-state index contributed by atoms with van der Waals surface area (Å²) in [7, 11) is 0. The summed E-state index contributed by atoms with van der Waals surface area (Å²) in [5.41, 5.74) is 1.79. The van der Waals surface area contributed by atoms with Gasteiger partial charge in [0.2, 0.25) is 0 Å². The van der Waals surface area contributed by atoms with Gasteiger partial charge in [-0.25, -0.2) is 4.98 Å². The smallest absolute Gasteiger partial charge is 0.251 e. The van der Waals surface area contributed by atoms with Crippen LogP contribution < -0.4 is 10.6 Å². The number of hydrogen-bond donors (Lipinski definition) is 2. The fourth-order valence-corrected chi connectivity index (χ4v) is 1.98. The van der Waals surface area contributed by atoms with Crippen molar-refractivity contribution in [2.24, 2.45) is 0 Å². The van der Waals surface area contributed by atoms with Crippen LogP contribution in [0.5, 0.6) is 0 Å². The Hall–Kier alpha value is -2.36. The average molecular weight is 267 g/mol. The summed E-state index contributed by atoms with van der Waals surface area (Å²) in [5, 5.41) is 6.24. The Balaban J connectivity index is 1.63. The highest BCUT2D eigenvalue weighted by Gasteiger charge is 2.23. The molecule has 0 unspecified atom stereocenters. The van der Waals surface area contributed by atoms with Crippen molar-refractivity contribution in [2.45, 2.75) is 25.4 Å². The van der Waals surface area contributed by atoms with Gasteiger partial charge in [-0.1, -0.05) is 18.2 Å². The maximum atomic E-state index is 12.0. The highest BCUT2D eigenvalue weighted by atomic mass is 16.1. The lowest BCUT2D eigenvalue weighted by Gasteiger charge is -2.08. The molecular weight excluding hydrogens is 250 g/mol. The quantitative estimate of drug-likeness (QED) is 0.875. The Morgan fingerprint density at radius 2 is 2.10 bits per heavy atom. The van der Waals surface area contributed by atoms with Gasteiger partial charge in [0, 0.05) is 24.3 Å². The van der Waals surface area contributed by atoms with Gasteiger partial charge < -0.3 is 10.6 Å². The summed E-state index contributed by atoms with van der Waals surface area (Å²) in [6, 6.07) is 13.8. The van der Waals surface area contributed by atoms with Gasteiger partial charge in [-0.3, -0.25) is 4.79 Å². The normalized spacial score (nSPS) is 13.8. The zero-order valence-corrected chi connectivity index (χ0v) is 11.2. The van der Waals surface area contributed by atoms with Crippen molar-refractivity contribution in [3.05, 3.63) is 59.8 Å². The molecule has 0 aliphatic heterocycles. The minimum absolute atomic E-state index is 0.0205. The van der Waals surface area contributed by atoms with E-state index in [-0.39, 0.29) is 5.91 Å². The zero-order valence-electron chi connectivity index (χ0n) is 11.2. The monoisotopic (exact) mass is 267 g/mol. The van der Waals surface area contributed by atoms with Gasteiger partial charge >= 0.3 is 0 Å². The molecule has 20 heavy (non-hydrogen) atoms. The lowest BCUT2D eigenvalue weighted by atomic mass is 10.1. The van der Waals surface area contributed by atoms with Crippen LogP contribution in [0.25, 0.3) is 0 Å².